The van der Waals surface area contributed by atoms with Gasteiger partial charge in [0.25, 0.3) is 5.69 Å². The summed E-state index contributed by atoms with van der Waals surface area (Å²) in [5.41, 5.74) is 6.56. The molecule has 0 fully saturated rings. The van der Waals surface area contributed by atoms with Crippen LogP contribution in [0, 0.1) is 10.1 Å². The lowest BCUT2D eigenvalue weighted by Crippen LogP contribution is -2.55. The second-order valence-corrected chi connectivity index (χ2v) is 7.80. The van der Waals surface area contributed by atoms with Crippen molar-refractivity contribution in [1.29, 1.82) is 0 Å². The lowest BCUT2D eigenvalue weighted by molar-refractivity contribution is -0.384. The number of carbonyl (C=O) groups excluding carboxylic acids is 4. The zero-order valence-electron chi connectivity index (χ0n) is 19.4. The molecule has 0 unspecified atom stereocenters. The van der Waals surface area contributed by atoms with Crippen molar-refractivity contribution in [2.24, 2.45) is 5.73 Å². The van der Waals surface area contributed by atoms with Gasteiger partial charge in [0.2, 0.25) is 17.7 Å². The summed E-state index contributed by atoms with van der Waals surface area (Å²) in [5.74, 6) is -3.66. The lowest BCUT2D eigenvalue weighted by atomic mass is 9.87. The standard InChI is InChI=1S/C24H28N4O7/c1-3-35-21(30)14-19(17-9-11-18(12-10-17)28(33)34)22(23(25)31)27-24(32)20(26-15(2)29)13-16-7-5-4-6-8-16/h4-12,19-20,22H,3,13-14H2,1-2H3,(H2,25,31)(H,26,29)(H,27,32)/t19-,20+,22-/m1/s1. The van der Waals surface area contributed by atoms with E-state index in [2.05, 4.69) is 10.6 Å². The summed E-state index contributed by atoms with van der Waals surface area (Å²) in [7, 11) is 0. The van der Waals surface area contributed by atoms with Crippen molar-refractivity contribution in [1.82, 2.24) is 10.6 Å². The molecule has 35 heavy (non-hydrogen) atoms. The van der Waals surface area contributed by atoms with Gasteiger partial charge in [0.15, 0.2) is 0 Å². The van der Waals surface area contributed by atoms with E-state index in [-0.39, 0.29) is 25.1 Å². The fourth-order valence-corrected chi connectivity index (χ4v) is 3.60. The van der Waals surface area contributed by atoms with Gasteiger partial charge < -0.3 is 21.1 Å². The molecule has 0 aliphatic rings. The highest BCUT2D eigenvalue weighted by Crippen LogP contribution is 2.27. The molecule has 2 rings (SSSR count). The minimum atomic E-state index is -1.36. The number of nitrogens with two attached hydrogens (primary N) is 1. The number of non-ortho nitro benzene ring substituents is 1. The van der Waals surface area contributed by atoms with Crippen LogP contribution in [0.15, 0.2) is 54.6 Å². The van der Waals surface area contributed by atoms with E-state index in [9.17, 15) is 29.3 Å². The van der Waals surface area contributed by atoms with Crippen LogP contribution in [0.4, 0.5) is 5.69 Å². The Morgan fingerprint density at radius 3 is 2.17 bits per heavy atom. The number of hydrogen-bond acceptors (Lipinski definition) is 7. The first-order chi connectivity index (χ1) is 16.6. The van der Waals surface area contributed by atoms with Gasteiger partial charge in [0.05, 0.1) is 18.0 Å². The smallest absolute Gasteiger partial charge is 0.306 e. The molecule has 2 aromatic carbocycles. The van der Waals surface area contributed by atoms with Crippen molar-refractivity contribution in [2.45, 2.75) is 44.7 Å². The Labute approximate surface area is 202 Å². The molecule has 0 aromatic heterocycles. The number of esters is 1. The van der Waals surface area contributed by atoms with E-state index in [4.69, 9.17) is 10.5 Å². The molecule has 0 aliphatic heterocycles. The summed E-state index contributed by atoms with van der Waals surface area (Å²) in [5, 5.41) is 16.1. The number of nitrogens with zero attached hydrogens (tertiary/aromatic N) is 1. The highest BCUT2D eigenvalue weighted by molar-refractivity contribution is 5.92. The van der Waals surface area contributed by atoms with E-state index in [1.807, 2.05) is 6.07 Å². The molecule has 0 radical (unpaired) electrons. The quantitative estimate of drug-likeness (QED) is 0.232. The number of benzene rings is 2. The third-order valence-corrected chi connectivity index (χ3v) is 5.21. The van der Waals surface area contributed by atoms with Crippen molar-refractivity contribution >= 4 is 29.4 Å². The van der Waals surface area contributed by atoms with Crippen LogP contribution >= 0.6 is 0 Å². The molecule has 2 aromatic rings. The minimum absolute atomic E-state index is 0.0983. The van der Waals surface area contributed by atoms with Crippen molar-refractivity contribution in [3.8, 4) is 0 Å². The Morgan fingerprint density at radius 1 is 1.03 bits per heavy atom. The highest BCUT2D eigenvalue weighted by Gasteiger charge is 2.34. The molecule has 11 nitrogen and oxygen atoms in total. The lowest BCUT2D eigenvalue weighted by Gasteiger charge is -2.27. The Morgan fingerprint density at radius 2 is 1.66 bits per heavy atom. The zero-order chi connectivity index (χ0) is 26.0. The van der Waals surface area contributed by atoms with Gasteiger partial charge in [-0.3, -0.25) is 29.3 Å². The van der Waals surface area contributed by atoms with Crippen LogP contribution in [0.25, 0.3) is 0 Å². The van der Waals surface area contributed by atoms with E-state index >= 15 is 0 Å². The molecule has 0 bridgehead atoms. The van der Waals surface area contributed by atoms with Crippen molar-refractivity contribution in [3.05, 3.63) is 75.8 Å². The Hall–Kier alpha value is -4.28. The Balaban J connectivity index is 2.36. The van der Waals surface area contributed by atoms with Gasteiger partial charge in [-0.25, -0.2) is 0 Å². The second-order valence-electron chi connectivity index (χ2n) is 7.80. The fourth-order valence-electron chi connectivity index (χ4n) is 3.60. The highest BCUT2D eigenvalue weighted by atomic mass is 16.6. The molecule has 0 aliphatic carbocycles. The van der Waals surface area contributed by atoms with E-state index in [0.717, 1.165) is 5.56 Å². The summed E-state index contributed by atoms with van der Waals surface area (Å²) in [4.78, 5) is 60.0. The predicted molar refractivity (Wildman–Crippen MR) is 126 cm³/mol. The van der Waals surface area contributed by atoms with Crippen LogP contribution in [0.2, 0.25) is 0 Å². The number of nitrogens with one attached hydrogen (secondary N) is 2. The summed E-state index contributed by atoms with van der Waals surface area (Å²) in [6, 6.07) is 11.8. The Kier molecular flexibility index (Phi) is 9.88. The van der Waals surface area contributed by atoms with Crippen LogP contribution in [0.5, 0.6) is 0 Å². The number of nitro groups is 1. The molecule has 3 atom stereocenters. The molecule has 11 heteroatoms. The van der Waals surface area contributed by atoms with E-state index in [1.165, 1.54) is 31.2 Å². The number of hydrogen-bond donors (Lipinski definition) is 3. The molecule has 4 N–H and O–H groups in total. The summed E-state index contributed by atoms with van der Waals surface area (Å²) >= 11 is 0. The maximum Gasteiger partial charge on any atom is 0.306 e. The second kappa shape index (κ2) is 12.8. The number of carbonyl (C=O) groups is 4. The van der Waals surface area contributed by atoms with Gasteiger partial charge in [0, 0.05) is 31.4 Å². The first kappa shape index (κ1) is 27.0. The van der Waals surface area contributed by atoms with E-state index < -0.39 is 46.6 Å². The third-order valence-electron chi connectivity index (χ3n) is 5.21. The topological polar surface area (TPSA) is 171 Å². The van der Waals surface area contributed by atoms with Gasteiger partial charge in [-0.15, -0.1) is 0 Å². The molecule has 3 amide bonds. The van der Waals surface area contributed by atoms with Crippen molar-refractivity contribution < 1.29 is 28.8 Å². The maximum atomic E-state index is 13.1. The molecule has 0 saturated heterocycles. The van der Waals surface area contributed by atoms with Crippen LogP contribution in [-0.2, 0) is 30.3 Å². The molecule has 0 saturated carbocycles. The number of primary amides is 1. The summed E-state index contributed by atoms with van der Waals surface area (Å²) in [6.07, 6.45) is -0.166. The first-order valence-corrected chi connectivity index (χ1v) is 10.9. The number of nitro benzene ring substituents is 1. The van der Waals surface area contributed by atoms with E-state index in [0.29, 0.717) is 5.56 Å². The average Bonchev–Trinajstić information content (AvgIpc) is 2.81. The van der Waals surface area contributed by atoms with Crippen LogP contribution < -0.4 is 16.4 Å². The molecule has 186 valence electrons. The van der Waals surface area contributed by atoms with E-state index in [1.54, 1.807) is 31.2 Å². The van der Waals surface area contributed by atoms with Gasteiger partial charge in [0.1, 0.15) is 12.1 Å². The third kappa shape index (κ3) is 8.22. The normalized spacial score (nSPS) is 13.1. The first-order valence-electron chi connectivity index (χ1n) is 10.9. The molecule has 0 heterocycles. The maximum absolute atomic E-state index is 13.1. The SMILES string of the molecule is CCOC(=O)C[C@H](c1ccc([N+](=O)[O-])cc1)[C@@H](NC(=O)[C@H](Cc1ccccc1)NC(C)=O)C(N)=O. The molecular formula is C24H28N4O7. The summed E-state index contributed by atoms with van der Waals surface area (Å²) in [6.45, 7) is 2.98. The largest absolute Gasteiger partial charge is 0.466 e. The Bertz CT molecular complexity index is 1060. The van der Waals surface area contributed by atoms with Crippen LogP contribution in [0.3, 0.4) is 0 Å². The van der Waals surface area contributed by atoms with Crippen LogP contribution in [-0.4, -0.2) is 47.3 Å². The average molecular weight is 485 g/mol. The van der Waals surface area contributed by atoms with Crippen molar-refractivity contribution in [3.63, 3.8) is 0 Å². The minimum Gasteiger partial charge on any atom is -0.466 e. The molecule has 0 spiro atoms. The molecular weight excluding hydrogens is 456 g/mol. The number of amides is 3. The zero-order valence-corrected chi connectivity index (χ0v) is 19.4. The summed E-state index contributed by atoms with van der Waals surface area (Å²) < 4.78 is 5.00. The van der Waals surface area contributed by atoms with Gasteiger partial charge in [-0.1, -0.05) is 42.5 Å². The number of rotatable bonds is 12. The monoisotopic (exact) mass is 484 g/mol. The predicted octanol–water partition coefficient (Wildman–Crippen LogP) is 1.35. The van der Waals surface area contributed by atoms with Crippen LogP contribution in [0.1, 0.15) is 37.3 Å². The fraction of sp³-hybridized carbons (Fsp3) is 0.333. The van der Waals surface area contributed by atoms with Gasteiger partial charge in [-0.2, -0.15) is 0 Å². The van der Waals surface area contributed by atoms with Gasteiger partial charge >= 0.3 is 5.97 Å². The number of ether oxygens (including phenoxy) is 1. The van der Waals surface area contributed by atoms with Gasteiger partial charge in [-0.05, 0) is 18.1 Å². The van der Waals surface area contributed by atoms with Crippen molar-refractivity contribution in [2.75, 3.05) is 6.61 Å².